The highest BCUT2D eigenvalue weighted by Gasteiger charge is 2.42. The number of carbonyl (C=O) groups is 1. The molecule has 3 unspecified atom stereocenters. The highest BCUT2D eigenvalue weighted by molar-refractivity contribution is 5.79. The number of nitrogens with zero attached hydrogens (tertiary/aromatic N) is 1. The van der Waals surface area contributed by atoms with Crippen LogP contribution in [0.25, 0.3) is 0 Å². The molecular formula is C18H22F3NO. The molecule has 0 aromatic heterocycles. The van der Waals surface area contributed by atoms with E-state index in [0.29, 0.717) is 17.5 Å². The van der Waals surface area contributed by atoms with Crippen LogP contribution in [-0.2, 0) is 17.4 Å². The predicted molar refractivity (Wildman–Crippen MR) is 81.8 cm³/mol. The lowest BCUT2D eigenvalue weighted by Crippen LogP contribution is -2.43. The molecule has 0 N–H and O–H groups in total. The van der Waals surface area contributed by atoms with Gasteiger partial charge in [-0.2, -0.15) is 13.2 Å². The van der Waals surface area contributed by atoms with Crippen LogP contribution in [0, 0.1) is 5.92 Å². The van der Waals surface area contributed by atoms with E-state index >= 15 is 0 Å². The first kappa shape index (κ1) is 16.3. The van der Waals surface area contributed by atoms with Crippen LogP contribution in [0.2, 0.25) is 0 Å². The summed E-state index contributed by atoms with van der Waals surface area (Å²) in [5, 5.41) is 0. The van der Waals surface area contributed by atoms with Crippen LogP contribution in [0.15, 0.2) is 24.3 Å². The summed E-state index contributed by atoms with van der Waals surface area (Å²) in [5.74, 6) is 0.655. The van der Waals surface area contributed by atoms with Gasteiger partial charge in [-0.1, -0.05) is 25.0 Å². The van der Waals surface area contributed by atoms with Crippen molar-refractivity contribution in [1.82, 2.24) is 4.90 Å². The Kier molecular flexibility index (Phi) is 4.39. The minimum atomic E-state index is -4.33. The summed E-state index contributed by atoms with van der Waals surface area (Å²) in [4.78, 5) is 14.7. The summed E-state index contributed by atoms with van der Waals surface area (Å²) in [6.45, 7) is 2.09. The van der Waals surface area contributed by atoms with Crippen molar-refractivity contribution in [1.29, 1.82) is 0 Å². The second-order valence-corrected chi connectivity index (χ2v) is 6.87. The number of halogens is 3. The fourth-order valence-electron chi connectivity index (χ4n) is 4.22. The number of rotatable bonds is 2. The van der Waals surface area contributed by atoms with Gasteiger partial charge in [-0.3, -0.25) is 4.79 Å². The van der Waals surface area contributed by atoms with Gasteiger partial charge in [0, 0.05) is 12.1 Å². The lowest BCUT2D eigenvalue weighted by atomic mass is 9.85. The smallest absolute Gasteiger partial charge is 0.336 e. The van der Waals surface area contributed by atoms with Crippen molar-refractivity contribution < 1.29 is 18.0 Å². The van der Waals surface area contributed by atoms with Gasteiger partial charge in [-0.15, -0.1) is 0 Å². The van der Waals surface area contributed by atoms with E-state index in [1.165, 1.54) is 25.0 Å². The summed E-state index contributed by atoms with van der Waals surface area (Å²) in [6, 6.07) is 5.52. The number of carbonyl (C=O) groups excluding carboxylic acids is 1. The van der Waals surface area contributed by atoms with E-state index in [4.69, 9.17) is 0 Å². The lowest BCUT2D eigenvalue weighted by Gasteiger charge is -2.33. The Labute approximate surface area is 134 Å². The van der Waals surface area contributed by atoms with Crippen molar-refractivity contribution in [2.45, 2.75) is 63.7 Å². The Balaban J connectivity index is 1.69. The molecule has 2 fully saturated rings. The number of amides is 1. The maximum Gasteiger partial charge on any atom is 0.416 e. The van der Waals surface area contributed by atoms with Crippen molar-refractivity contribution in [2.24, 2.45) is 5.92 Å². The second kappa shape index (κ2) is 6.17. The largest absolute Gasteiger partial charge is 0.416 e. The Morgan fingerprint density at radius 2 is 1.83 bits per heavy atom. The first-order valence-corrected chi connectivity index (χ1v) is 8.33. The van der Waals surface area contributed by atoms with Gasteiger partial charge in [0.15, 0.2) is 0 Å². The third-order valence-electron chi connectivity index (χ3n) is 5.27. The molecule has 2 nitrogen and oxygen atoms in total. The molecule has 5 heteroatoms. The average Bonchev–Trinajstić information content (AvgIpc) is 2.82. The summed E-state index contributed by atoms with van der Waals surface area (Å²) in [5.41, 5.74) is -0.0231. The first-order valence-electron chi connectivity index (χ1n) is 8.33. The molecular weight excluding hydrogens is 303 g/mol. The van der Waals surface area contributed by atoms with Crippen LogP contribution in [0.5, 0.6) is 0 Å². The van der Waals surface area contributed by atoms with E-state index < -0.39 is 11.7 Å². The van der Waals surface area contributed by atoms with Gasteiger partial charge < -0.3 is 4.90 Å². The van der Waals surface area contributed by atoms with E-state index in [1.54, 1.807) is 0 Å². The van der Waals surface area contributed by atoms with E-state index in [0.717, 1.165) is 31.4 Å². The first-order chi connectivity index (χ1) is 10.9. The molecule has 1 aromatic rings. The van der Waals surface area contributed by atoms with Crippen molar-refractivity contribution in [3.63, 3.8) is 0 Å². The SMILES string of the molecule is CC1CC2CCCCC2N1C(=O)Cc1ccc(C(F)(F)F)cc1. The molecule has 1 saturated carbocycles. The fourth-order valence-corrected chi connectivity index (χ4v) is 4.22. The Morgan fingerprint density at radius 1 is 1.17 bits per heavy atom. The van der Waals surface area contributed by atoms with Gasteiger partial charge in [0.1, 0.15) is 0 Å². The average molecular weight is 325 g/mol. The molecule has 1 saturated heterocycles. The molecule has 1 aromatic carbocycles. The molecule has 23 heavy (non-hydrogen) atoms. The summed E-state index contributed by atoms with van der Waals surface area (Å²) in [6.07, 6.45) is 1.58. The van der Waals surface area contributed by atoms with Crippen molar-refractivity contribution in [3.8, 4) is 0 Å². The van der Waals surface area contributed by atoms with Gasteiger partial charge in [0.25, 0.3) is 0 Å². The molecule has 0 bridgehead atoms. The normalized spacial score (nSPS) is 27.8. The molecule has 3 rings (SSSR count). The van der Waals surface area contributed by atoms with Gasteiger partial charge >= 0.3 is 6.18 Å². The molecule has 2 aliphatic rings. The van der Waals surface area contributed by atoms with Crippen molar-refractivity contribution >= 4 is 5.91 Å². The van der Waals surface area contributed by atoms with Crippen LogP contribution >= 0.6 is 0 Å². The minimum Gasteiger partial charge on any atom is -0.336 e. The number of hydrogen-bond acceptors (Lipinski definition) is 1. The molecule has 0 spiro atoms. The van der Waals surface area contributed by atoms with E-state index in [9.17, 15) is 18.0 Å². The van der Waals surface area contributed by atoms with Crippen LogP contribution in [-0.4, -0.2) is 22.9 Å². The van der Waals surface area contributed by atoms with E-state index in [1.807, 2.05) is 4.90 Å². The lowest BCUT2D eigenvalue weighted by molar-refractivity contribution is -0.137. The third-order valence-corrected chi connectivity index (χ3v) is 5.27. The predicted octanol–water partition coefficient (Wildman–Crippen LogP) is 4.43. The highest BCUT2D eigenvalue weighted by atomic mass is 19.4. The molecule has 126 valence electrons. The monoisotopic (exact) mass is 325 g/mol. The minimum absolute atomic E-state index is 0.0478. The molecule has 3 atom stereocenters. The van der Waals surface area contributed by atoms with E-state index in [2.05, 4.69) is 6.92 Å². The number of fused-ring (bicyclic) bond motifs is 1. The summed E-state index contributed by atoms with van der Waals surface area (Å²) >= 11 is 0. The van der Waals surface area contributed by atoms with Gasteiger partial charge in [0.2, 0.25) is 5.91 Å². The third kappa shape index (κ3) is 3.38. The zero-order valence-electron chi connectivity index (χ0n) is 13.3. The zero-order chi connectivity index (χ0) is 16.6. The Bertz CT molecular complexity index is 567. The fraction of sp³-hybridized carbons (Fsp3) is 0.611. The van der Waals surface area contributed by atoms with Crippen LogP contribution < -0.4 is 0 Å². The van der Waals surface area contributed by atoms with E-state index in [-0.39, 0.29) is 18.4 Å². The van der Waals surface area contributed by atoms with Gasteiger partial charge in [-0.25, -0.2) is 0 Å². The molecule has 1 amide bonds. The van der Waals surface area contributed by atoms with Crippen LogP contribution in [0.4, 0.5) is 13.2 Å². The maximum absolute atomic E-state index is 12.7. The molecule has 1 aliphatic carbocycles. The van der Waals surface area contributed by atoms with Crippen molar-refractivity contribution in [3.05, 3.63) is 35.4 Å². The standard InChI is InChI=1S/C18H22F3NO/c1-12-10-14-4-2-3-5-16(14)22(12)17(23)11-13-6-8-15(9-7-13)18(19,20)21/h6-9,12,14,16H,2-5,10-11H2,1H3. The van der Waals surface area contributed by atoms with Crippen LogP contribution in [0.1, 0.15) is 50.2 Å². The van der Waals surface area contributed by atoms with Crippen molar-refractivity contribution in [2.75, 3.05) is 0 Å². The second-order valence-electron chi connectivity index (χ2n) is 6.87. The zero-order valence-corrected chi connectivity index (χ0v) is 13.3. The van der Waals surface area contributed by atoms with Gasteiger partial charge in [0.05, 0.1) is 12.0 Å². The quantitative estimate of drug-likeness (QED) is 0.788. The molecule has 1 heterocycles. The number of likely N-dealkylation sites (tertiary alicyclic amines) is 1. The van der Waals surface area contributed by atoms with Crippen LogP contribution in [0.3, 0.4) is 0 Å². The molecule has 1 aliphatic heterocycles. The summed E-state index contributed by atoms with van der Waals surface area (Å²) < 4.78 is 37.8. The number of alkyl halides is 3. The molecule has 0 radical (unpaired) electrons. The number of benzene rings is 1. The number of hydrogen-bond donors (Lipinski definition) is 0. The highest BCUT2D eigenvalue weighted by Crippen LogP contribution is 2.39. The topological polar surface area (TPSA) is 20.3 Å². The maximum atomic E-state index is 12.7. The summed E-state index contributed by atoms with van der Waals surface area (Å²) in [7, 11) is 0. The van der Waals surface area contributed by atoms with Gasteiger partial charge in [-0.05, 0) is 49.8 Å². The Hall–Kier alpha value is -1.52. The Morgan fingerprint density at radius 3 is 2.48 bits per heavy atom.